The van der Waals surface area contributed by atoms with E-state index in [1.165, 1.54) is 0 Å². The molecule has 2 aromatic rings. The fraction of sp³-hybridized carbons (Fsp3) is 0.526. The number of H-pyrrole nitrogens is 1. The van der Waals surface area contributed by atoms with Gasteiger partial charge in [-0.15, -0.1) is 0 Å². The third kappa shape index (κ3) is 3.37. The highest BCUT2D eigenvalue weighted by molar-refractivity contribution is 5.86. The summed E-state index contributed by atoms with van der Waals surface area (Å²) >= 11 is 0. The van der Waals surface area contributed by atoms with Crippen LogP contribution in [0.4, 0.5) is 0 Å². The van der Waals surface area contributed by atoms with Crippen molar-refractivity contribution in [1.29, 1.82) is 0 Å². The smallest absolute Gasteiger partial charge is 0.242 e. The molecule has 0 bridgehead atoms. The van der Waals surface area contributed by atoms with Gasteiger partial charge in [0.2, 0.25) is 5.91 Å². The number of hydrogen-bond acceptors (Lipinski definition) is 5. The Balaban J connectivity index is 1.38. The molecule has 0 saturated carbocycles. The Morgan fingerprint density at radius 2 is 1.88 bits per heavy atom. The molecule has 0 spiro atoms. The van der Waals surface area contributed by atoms with Crippen molar-refractivity contribution in [1.82, 2.24) is 20.1 Å². The van der Waals surface area contributed by atoms with Crippen LogP contribution in [0.25, 0.3) is 11.4 Å². The average molecular weight is 355 g/mol. The van der Waals surface area contributed by atoms with Gasteiger partial charge < -0.3 is 15.4 Å². The van der Waals surface area contributed by atoms with Gasteiger partial charge in [0.05, 0.1) is 5.54 Å². The number of aromatic nitrogens is 3. The molecule has 2 aliphatic rings. The van der Waals surface area contributed by atoms with Crippen molar-refractivity contribution in [3.8, 4) is 11.4 Å². The molecule has 0 aliphatic carbocycles. The Bertz CT molecular complexity index is 746. The number of benzene rings is 1. The number of nitrogens with two attached hydrogens (primary N) is 1. The predicted molar refractivity (Wildman–Crippen MR) is 97.3 cm³/mol. The average Bonchev–Trinajstić information content (AvgIpc) is 3.19. The molecule has 26 heavy (non-hydrogen) atoms. The van der Waals surface area contributed by atoms with E-state index < -0.39 is 5.54 Å². The lowest BCUT2D eigenvalue weighted by Gasteiger charge is -2.39. The topological polar surface area (TPSA) is 97.1 Å². The minimum Gasteiger partial charge on any atom is -0.381 e. The fourth-order valence-corrected chi connectivity index (χ4v) is 3.79. The zero-order chi connectivity index (χ0) is 18.0. The summed E-state index contributed by atoms with van der Waals surface area (Å²) in [4.78, 5) is 19.4. The van der Waals surface area contributed by atoms with Crippen LogP contribution in [-0.2, 0) is 9.53 Å². The lowest BCUT2D eigenvalue weighted by atomic mass is 9.88. The monoisotopic (exact) mass is 355 g/mol. The largest absolute Gasteiger partial charge is 0.381 e. The number of amides is 1. The summed E-state index contributed by atoms with van der Waals surface area (Å²) in [6.45, 7) is 2.56. The highest BCUT2D eigenvalue weighted by Crippen LogP contribution is 2.29. The molecule has 3 N–H and O–H groups in total. The number of piperidine rings is 1. The third-order valence-corrected chi connectivity index (χ3v) is 5.51. The highest BCUT2D eigenvalue weighted by atomic mass is 16.5. The standard InChI is InChI=1S/C19H25N5O2/c20-19(8-12-26-13-9-19)18(25)24-10-6-15(7-11-24)17-21-16(22-23-17)14-4-2-1-3-5-14/h1-5,15H,6-13,20H2,(H,21,22,23). The SMILES string of the molecule is NC1(C(=O)N2CCC(c3nc(-c4ccccc4)n[nH]3)CC2)CCOCC1. The molecule has 2 aliphatic heterocycles. The Morgan fingerprint density at radius 3 is 2.58 bits per heavy atom. The molecule has 1 amide bonds. The van der Waals surface area contributed by atoms with E-state index >= 15 is 0 Å². The quantitative estimate of drug-likeness (QED) is 0.873. The molecule has 138 valence electrons. The molecule has 4 rings (SSSR count). The fourth-order valence-electron chi connectivity index (χ4n) is 3.79. The summed E-state index contributed by atoms with van der Waals surface area (Å²) in [5, 5.41) is 7.43. The van der Waals surface area contributed by atoms with Gasteiger partial charge in [0.25, 0.3) is 0 Å². The number of aromatic amines is 1. The zero-order valence-corrected chi connectivity index (χ0v) is 14.9. The lowest BCUT2D eigenvalue weighted by molar-refractivity contribution is -0.141. The van der Waals surface area contributed by atoms with Crippen LogP contribution in [0, 0.1) is 0 Å². The summed E-state index contributed by atoms with van der Waals surface area (Å²) in [5.41, 5.74) is 6.60. The second-order valence-corrected chi connectivity index (χ2v) is 7.25. The van der Waals surface area contributed by atoms with Crippen LogP contribution in [0.15, 0.2) is 30.3 Å². The van der Waals surface area contributed by atoms with E-state index in [2.05, 4.69) is 15.2 Å². The molecule has 7 heteroatoms. The molecule has 1 aromatic carbocycles. The van der Waals surface area contributed by atoms with E-state index in [-0.39, 0.29) is 5.91 Å². The van der Waals surface area contributed by atoms with Crippen LogP contribution in [-0.4, -0.2) is 57.8 Å². The number of rotatable bonds is 3. The number of likely N-dealkylation sites (tertiary alicyclic amines) is 1. The van der Waals surface area contributed by atoms with Gasteiger partial charge in [-0.2, -0.15) is 5.10 Å². The van der Waals surface area contributed by atoms with Crippen molar-refractivity contribution in [2.45, 2.75) is 37.1 Å². The Morgan fingerprint density at radius 1 is 1.19 bits per heavy atom. The van der Waals surface area contributed by atoms with Gasteiger partial charge in [-0.05, 0) is 25.7 Å². The molecule has 7 nitrogen and oxygen atoms in total. The summed E-state index contributed by atoms with van der Waals surface area (Å²) in [6, 6.07) is 9.95. The van der Waals surface area contributed by atoms with Crippen LogP contribution >= 0.6 is 0 Å². The van der Waals surface area contributed by atoms with Crippen molar-refractivity contribution in [2.75, 3.05) is 26.3 Å². The van der Waals surface area contributed by atoms with Crippen molar-refractivity contribution in [2.24, 2.45) is 5.73 Å². The number of nitrogens with zero attached hydrogens (tertiary/aromatic N) is 3. The van der Waals surface area contributed by atoms with Gasteiger partial charge in [0.15, 0.2) is 5.82 Å². The van der Waals surface area contributed by atoms with Crippen molar-refractivity contribution in [3.63, 3.8) is 0 Å². The first-order valence-corrected chi connectivity index (χ1v) is 9.29. The Labute approximate surface area is 152 Å². The van der Waals surface area contributed by atoms with E-state index in [1.54, 1.807) is 0 Å². The number of carbonyl (C=O) groups is 1. The number of carbonyl (C=O) groups excluding carboxylic acids is 1. The highest BCUT2D eigenvalue weighted by Gasteiger charge is 2.40. The summed E-state index contributed by atoms with van der Waals surface area (Å²) in [7, 11) is 0. The number of hydrogen-bond donors (Lipinski definition) is 2. The Kier molecular flexibility index (Phi) is 4.74. The molecule has 0 unspecified atom stereocenters. The molecule has 2 fully saturated rings. The second kappa shape index (κ2) is 7.17. The van der Waals surface area contributed by atoms with Gasteiger partial charge in [0, 0.05) is 37.8 Å². The normalized spacial score (nSPS) is 20.9. The van der Waals surface area contributed by atoms with Gasteiger partial charge in [-0.3, -0.25) is 9.89 Å². The van der Waals surface area contributed by atoms with Crippen LogP contribution in [0.5, 0.6) is 0 Å². The molecule has 3 heterocycles. The van der Waals surface area contributed by atoms with E-state index in [1.807, 2.05) is 35.2 Å². The summed E-state index contributed by atoms with van der Waals surface area (Å²) in [5.74, 6) is 2.00. The second-order valence-electron chi connectivity index (χ2n) is 7.25. The van der Waals surface area contributed by atoms with Crippen molar-refractivity contribution < 1.29 is 9.53 Å². The first kappa shape index (κ1) is 17.2. The van der Waals surface area contributed by atoms with E-state index in [4.69, 9.17) is 10.5 Å². The molecule has 1 aromatic heterocycles. The predicted octanol–water partition coefficient (Wildman–Crippen LogP) is 1.69. The van der Waals surface area contributed by atoms with Crippen LogP contribution in [0.1, 0.15) is 37.4 Å². The maximum absolute atomic E-state index is 12.8. The van der Waals surface area contributed by atoms with Crippen LogP contribution in [0.3, 0.4) is 0 Å². The zero-order valence-electron chi connectivity index (χ0n) is 14.9. The van der Waals surface area contributed by atoms with E-state index in [9.17, 15) is 4.79 Å². The van der Waals surface area contributed by atoms with Gasteiger partial charge in [0.1, 0.15) is 5.82 Å². The first-order valence-electron chi connectivity index (χ1n) is 9.29. The maximum atomic E-state index is 12.8. The first-order chi connectivity index (χ1) is 12.7. The number of nitrogens with one attached hydrogen (secondary N) is 1. The maximum Gasteiger partial charge on any atom is 0.242 e. The molecular formula is C19H25N5O2. The van der Waals surface area contributed by atoms with Crippen molar-refractivity contribution >= 4 is 5.91 Å². The summed E-state index contributed by atoms with van der Waals surface area (Å²) < 4.78 is 5.35. The third-order valence-electron chi connectivity index (χ3n) is 5.51. The summed E-state index contributed by atoms with van der Waals surface area (Å²) in [6.07, 6.45) is 2.96. The van der Waals surface area contributed by atoms with Crippen molar-refractivity contribution in [3.05, 3.63) is 36.2 Å². The lowest BCUT2D eigenvalue weighted by Crippen LogP contribution is -2.59. The van der Waals surface area contributed by atoms with Gasteiger partial charge in [-0.1, -0.05) is 30.3 Å². The van der Waals surface area contributed by atoms with E-state index in [0.717, 1.165) is 30.1 Å². The minimum absolute atomic E-state index is 0.0711. The van der Waals surface area contributed by atoms with E-state index in [0.29, 0.717) is 45.1 Å². The molecule has 0 radical (unpaired) electrons. The van der Waals surface area contributed by atoms with Gasteiger partial charge >= 0.3 is 0 Å². The van der Waals surface area contributed by atoms with Crippen LogP contribution < -0.4 is 5.73 Å². The molecular weight excluding hydrogens is 330 g/mol. The molecule has 2 saturated heterocycles. The van der Waals surface area contributed by atoms with Crippen LogP contribution in [0.2, 0.25) is 0 Å². The number of ether oxygens (including phenoxy) is 1. The molecule has 0 atom stereocenters. The Hall–Kier alpha value is -2.25. The minimum atomic E-state index is -0.752. The van der Waals surface area contributed by atoms with Gasteiger partial charge in [-0.25, -0.2) is 4.98 Å².